The molecule has 2 aromatic rings. The Hall–Kier alpha value is -1.86. The van der Waals surface area contributed by atoms with Crippen LogP contribution < -0.4 is 10.2 Å². The van der Waals surface area contributed by atoms with E-state index in [4.69, 9.17) is 14.0 Å². The summed E-state index contributed by atoms with van der Waals surface area (Å²) in [6, 6.07) is 6.71. The highest BCUT2D eigenvalue weighted by molar-refractivity contribution is 6.62. The largest absolute Gasteiger partial charge is 0.495 e. The minimum Gasteiger partial charge on any atom is -0.487 e. The molecule has 7 heteroatoms. The second-order valence-corrected chi connectivity index (χ2v) is 7.98. The molecular formula is C19H26BFN2O3. The highest BCUT2D eigenvalue weighted by Gasteiger charge is 2.51. The third kappa shape index (κ3) is 3.79. The van der Waals surface area contributed by atoms with Gasteiger partial charge in [-0.05, 0) is 65.2 Å². The van der Waals surface area contributed by atoms with E-state index in [0.29, 0.717) is 11.2 Å². The van der Waals surface area contributed by atoms with Crippen molar-refractivity contribution in [1.29, 1.82) is 0 Å². The second kappa shape index (κ2) is 6.70. The van der Waals surface area contributed by atoms with Gasteiger partial charge in [-0.3, -0.25) is 4.68 Å². The summed E-state index contributed by atoms with van der Waals surface area (Å²) in [6.45, 7) is 12.3. The van der Waals surface area contributed by atoms with Crippen molar-refractivity contribution in [2.75, 3.05) is 0 Å². The number of rotatable bonds is 5. The SMILES string of the molecule is CC(C)n1ccc(COc2cc(F)cc(B3OC(C)(C)C(C)(C)O3)c2)n1. The third-order valence-corrected chi connectivity index (χ3v) is 5.00. The van der Waals surface area contributed by atoms with Gasteiger partial charge in [-0.1, -0.05) is 0 Å². The van der Waals surface area contributed by atoms with Crippen LogP contribution in [-0.2, 0) is 15.9 Å². The summed E-state index contributed by atoms with van der Waals surface area (Å²) in [7, 11) is -0.627. The van der Waals surface area contributed by atoms with Crippen molar-refractivity contribution >= 4 is 12.6 Å². The Bertz CT molecular complexity index is 773. The van der Waals surface area contributed by atoms with E-state index in [-0.39, 0.29) is 18.5 Å². The topological polar surface area (TPSA) is 45.5 Å². The molecular weight excluding hydrogens is 334 g/mol. The van der Waals surface area contributed by atoms with Gasteiger partial charge in [0.1, 0.15) is 18.2 Å². The van der Waals surface area contributed by atoms with E-state index in [1.807, 2.05) is 44.6 Å². The van der Waals surface area contributed by atoms with E-state index in [1.54, 1.807) is 6.07 Å². The Morgan fingerprint density at radius 1 is 1.15 bits per heavy atom. The van der Waals surface area contributed by atoms with Crippen molar-refractivity contribution in [3.63, 3.8) is 0 Å². The summed E-state index contributed by atoms with van der Waals surface area (Å²) in [4.78, 5) is 0. The van der Waals surface area contributed by atoms with E-state index in [1.165, 1.54) is 12.1 Å². The number of halogens is 1. The molecule has 0 atom stereocenters. The van der Waals surface area contributed by atoms with Gasteiger partial charge in [-0.15, -0.1) is 0 Å². The molecule has 0 saturated carbocycles. The van der Waals surface area contributed by atoms with Crippen molar-refractivity contribution in [3.8, 4) is 5.75 Å². The molecule has 1 aromatic carbocycles. The molecule has 140 valence electrons. The maximum atomic E-state index is 14.1. The molecule has 0 bridgehead atoms. The lowest BCUT2D eigenvalue weighted by Gasteiger charge is -2.32. The predicted octanol–water partition coefficient (Wildman–Crippen LogP) is 3.48. The van der Waals surface area contributed by atoms with Crippen LogP contribution in [0.5, 0.6) is 5.75 Å². The minimum atomic E-state index is -0.627. The summed E-state index contributed by atoms with van der Waals surface area (Å²) >= 11 is 0. The van der Waals surface area contributed by atoms with Gasteiger partial charge in [0.05, 0.1) is 16.9 Å². The second-order valence-electron chi connectivity index (χ2n) is 7.98. The van der Waals surface area contributed by atoms with Crippen LogP contribution in [0.1, 0.15) is 53.3 Å². The smallest absolute Gasteiger partial charge is 0.487 e. The fourth-order valence-electron chi connectivity index (χ4n) is 2.68. The zero-order valence-corrected chi connectivity index (χ0v) is 16.2. The zero-order valence-electron chi connectivity index (χ0n) is 16.2. The number of ether oxygens (including phenoxy) is 1. The lowest BCUT2D eigenvalue weighted by atomic mass is 9.79. The average Bonchev–Trinajstić information content (AvgIpc) is 3.08. The van der Waals surface area contributed by atoms with Crippen molar-refractivity contribution in [2.45, 2.75) is 65.4 Å². The molecule has 0 radical (unpaired) electrons. The molecule has 0 amide bonds. The monoisotopic (exact) mass is 360 g/mol. The van der Waals surface area contributed by atoms with Gasteiger partial charge in [0.25, 0.3) is 0 Å². The van der Waals surface area contributed by atoms with Gasteiger partial charge in [-0.25, -0.2) is 4.39 Å². The first-order valence-corrected chi connectivity index (χ1v) is 8.90. The van der Waals surface area contributed by atoms with Crippen LogP contribution in [0.3, 0.4) is 0 Å². The maximum absolute atomic E-state index is 14.1. The Balaban J connectivity index is 1.74. The molecule has 0 N–H and O–H groups in total. The summed E-state index contributed by atoms with van der Waals surface area (Å²) in [6.07, 6.45) is 1.91. The van der Waals surface area contributed by atoms with Crippen LogP contribution >= 0.6 is 0 Å². The standard InChI is InChI=1S/C19H26BFN2O3/c1-13(2)23-8-7-16(22-23)12-24-17-10-14(9-15(21)11-17)20-25-18(3,4)19(5,6)26-20/h7-11,13H,12H2,1-6H3. The first-order valence-electron chi connectivity index (χ1n) is 8.90. The van der Waals surface area contributed by atoms with E-state index in [2.05, 4.69) is 18.9 Å². The average molecular weight is 360 g/mol. The molecule has 3 rings (SSSR count). The fraction of sp³-hybridized carbons (Fsp3) is 0.526. The molecule has 1 aromatic heterocycles. The molecule has 5 nitrogen and oxygen atoms in total. The van der Waals surface area contributed by atoms with Crippen LogP contribution in [0.15, 0.2) is 30.5 Å². The molecule has 0 spiro atoms. The Morgan fingerprint density at radius 3 is 2.38 bits per heavy atom. The summed E-state index contributed by atoms with van der Waals surface area (Å²) < 4.78 is 33.7. The number of nitrogens with zero attached hydrogens (tertiary/aromatic N) is 2. The highest BCUT2D eigenvalue weighted by atomic mass is 19.1. The lowest BCUT2D eigenvalue weighted by molar-refractivity contribution is 0.00578. The molecule has 1 aliphatic heterocycles. The Kier molecular flexibility index (Phi) is 4.88. The number of hydrogen-bond donors (Lipinski definition) is 0. The molecule has 1 fully saturated rings. The van der Waals surface area contributed by atoms with Crippen LogP contribution in [0.2, 0.25) is 0 Å². The maximum Gasteiger partial charge on any atom is 0.495 e. The summed E-state index contributed by atoms with van der Waals surface area (Å²) in [5.74, 6) is 0.0359. The first-order chi connectivity index (χ1) is 12.1. The van der Waals surface area contributed by atoms with E-state index in [0.717, 1.165) is 5.69 Å². The van der Waals surface area contributed by atoms with E-state index < -0.39 is 18.3 Å². The number of benzene rings is 1. The van der Waals surface area contributed by atoms with Crippen molar-refractivity contribution < 1.29 is 18.4 Å². The zero-order chi connectivity index (χ0) is 19.1. The molecule has 1 aliphatic rings. The lowest BCUT2D eigenvalue weighted by Crippen LogP contribution is -2.41. The first kappa shape index (κ1) is 18.9. The number of hydrogen-bond acceptors (Lipinski definition) is 4. The fourth-order valence-corrected chi connectivity index (χ4v) is 2.68. The van der Waals surface area contributed by atoms with Crippen molar-refractivity contribution in [3.05, 3.63) is 42.0 Å². The molecule has 0 aliphatic carbocycles. The van der Waals surface area contributed by atoms with E-state index >= 15 is 0 Å². The molecule has 2 heterocycles. The van der Waals surface area contributed by atoms with Crippen LogP contribution in [0, 0.1) is 5.82 Å². The van der Waals surface area contributed by atoms with Crippen molar-refractivity contribution in [1.82, 2.24) is 9.78 Å². The van der Waals surface area contributed by atoms with E-state index in [9.17, 15) is 4.39 Å². The molecule has 0 unspecified atom stereocenters. The summed E-state index contributed by atoms with van der Waals surface area (Å²) in [5.41, 5.74) is 0.440. The predicted molar refractivity (Wildman–Crippen MR) is 99.1 cm³/mol. The molecule has 26 heavy (non-hydrogen) atoms. The van der Waals surface area contributed by atoms with Gasteiger partial charge in [0, 0.05) is 18.3 Å². The van der Waals surface area contributed by atoms with Crippen molar-refractivity contribution in [2.24, 2.45) is 0 Å². The van der Waals surface area contributed by atoms with Gasteiger partial charge in [-0.2, -0.15) is 5.10 Å². The highest BCUT2D eigenvalue weighted by Crippen LogP contribution is 2.36. The third-order valence-electron chi connectivity index (χ3n) is 5.00. The Morgan fingerprint density at radius 2 is 1.81 bits per heavy atom. The van der Waals surface area contributed by atoms with Gasteiger partial charge < -0.3 is 14.0 Å². The van der Waals surface area contributed by atoms with Gasteiger partial charge in [0.15, 0.2) is 0 Å². The summed E-state index contributed by atoms with van der Waals surface area (Å²) in [5, 5.41) is 4.43. The van der Waals surface area contributed by atoms with Crippen LogP contribution in [0.4, 0.5) is 4.39 Å². The van der Waals surface area contributed by atoms with Crippen LogP contribution in [0.25, 0.3) is 0 Å². The van der Waals surface area contributed by atoms with Gasteiger partial charge in [0.2, 0.25) is 0 Å². The van der Waals surface area contributed by atoms with Gasteiger partial charge >= 0.3 is 7.12 Å². The Labute approximate surface area is 154 Å². The minimum absolute atomic E-state index is 0.270. The molecule has 1 saturated heterocycles. The van der Waals surface area contributed by atoms with Crippen LogP contribution in [-0.4, -0.2) is 28.1 Å². The number of aromatic nitrogens is 2. The quantitative estimate of drug-likeness (QED) is 0.766. The normalized spacial score (nSPS) is 18.5.